The molecule has 2 aromatic carbocycles. The van der Waals surface area contributed by atoms with Crippen molar-refractivity contribution in [3.05, 3.63) is 98.7 Å². The number of halogens is 1. The number of ether oxygens (including phenoxy) is 1. The van der Waals surface area contributed by atoms with Gasteiger partial charge in [0.05, 0.1) is 5.56 Å². The summed E-state index contributed by atoms with van der Waals surface area (Å²) >= 11 is 0. The van der Waals surface area contributed by atoms with Crippen LogP contribution in [0.4, 0.5) is 4.39 Å². The molecule has 0 saturated carbocycles. The standard InChI is InChI=1S/C22H21FN2O3/c1-14-10-15(2)25-22(27)19(14)12-24-21(26)18-9-8-16(11-20(18)23)13-28-17-6-4-3-5-7-17/h3-11H,12-13H2,1-2H3,(H,24,26)(H,25,27). The van der Waals surface area contributed by atoms with Crippen molar-refractivity contribution in [3.8, 4) is 5.75 Å². The molecule has 0 bridgehead atoms. The van der Waals surface area contributed by atoms with Crippen molar-refractivity contribution >= 4 is 5.91 Å². The van der Waals surface area contributed by atoms with E-state index in [1.54, 1.807) is 19.9 Å². The van der Waals surface area contributed by atoms with Crippen molar-refractivity contribution < 1.29 is 13.9 Å². The Labute approximate surface area is 162 Å². The van der Waals surface area contributed by atoms with Gasteiger partial charge in [-0.25, -0.2) is 4.39 Å². The van der Waals surface area contributed by atoms with Gasteiger partial charge in [0.25, 0.3) is 11.5 Å². The minimum atomic E-state index is -0.638. The van der Waals surface area contributed by atoms with E-state index in [0.717, 1.165) is 11.3 Å². The van der Waals surface area contributed by atoms with Gasteiger partial charge in [-0.2, -0.15) is 0 Å². The fourth-order valence-electron chi connectivity index (χ4n) is 2.88. The molecule has 28 heavy (non-hydrogen) atoms. The Kier molecular flexibility index (Phi) is 5.89. The number of aromatic nitrogens is 1. The van der Waals surface area contributed by atoms with Crippen molar-refractivity contribution in [2.75, 3.05) is 0 Å². The third-order valence-electron chi connectivity index (χ3n) is 4.35. The van der Waals surface area contributed by atoms with Crippen LogP contribution in [0.3, 0.4) is 0 Å². The number of pyridine rings is 1. The fraction of sp³-hybridized carbons (Fsp3) is 0.182. The van der Waals surface area contributed by atoms with Crippen molar-refractivity contribution in [1.29, 1.82) is 0 Å². The van der Waals surface area contributed by atoms with Crippen molar-refractivity contribution in [2.24, 2.45) is 0 Å². The third kappa shape index (κ3) is 4.65. The number of hydrogen-bond donors (Lipinski definition) is 2. The second kappa shape index (κ2) is 8.52. The van der Waals surface area contributed by atoms with Crippen LogP contribution in [-0.2, 0) is 13.2 Å². The fourth-order valence-corrected chi connectivity index (χ4v) is 2.88. The average molecular weight is 380 g/mol. The Balaban J connectivity index is 1.65. The number of H-pyrrole nitrogens is 1. The topological polar surface area (TPSA) is 71.2 Å². The SMILES string of the molecule is Cc1cc(C)c(CNC(=O)c2ccc(COc3ccccc3)cc2F)c(=O)[nH]1. The second-order valence-electron chi connectivity index (χ2n) is 6.54. The Bertz CT molecular complexity index is 1050. The zero-order valence-electron chi connectivity index (χ0n) is 15.7. The summed E-state index contributed by atoms with van der Waals surface area (Å²) in [5.74, 6) is -0.531. The van der Waals surface area contributed by atoms with Gasteiger partial charge in [0.2, 0.25) is 0 Å². The van der Waals surface area contributed by atoms with Gasteiger partial charge in [-0.15, -0.1) is 0 Å². The third-order valence-corrected chi connectivity index (χ3v) is 4.35. The highest BCUT2D eigenvalue weighted by atomic mass is 19.1. The summed E-state index contributed by atoms with van der Waals surface area (Å²) in [7, 11) is 0. The lowest BCUT2D eigenvalue weighted by Crippen LogP contribution is -2.28. The van der Waals surface area contributed by atoms with Gasteiger partial charge in [-0.3, -0.25) is 9.59 Å². The lowest BCUT2D eigenvalue weighted by Gasteiger charge is -2.10. The van der Waals surface area contributed by atoms with Gasteiger partial charge in [0.15, 0.2) is 0 Å². The van der Waals surface area contributed by atoms with E-state index >= 15 is 0 Å². The molecular formula is C22H21FN2O3. The zero-order valence-corrected chi connectivity index (χ0v) is 15.7. The number of rotatable bonds is 6. The van der Waals surface area contributed by atoms with Gasteiger partial charge in [0, 0.05) is 17.8 Å². The first kappa shape index (κ1) is 19.4. The summed E-state index contributed by atoms with van der Waals surface area (Å²) in [6.07, 6.45) is 0. The highest BCUT2D eigenvalue weighted by molar-refractivity contribution is 5.94. The van der Waals surface area contributed by atoms with Gasteiger partial charge in [-0.1, -0.05) is 24.3 Å². The van der Waals surface area contributed by atoms with Crippen molar-refractivity contribution in [1.82, 2.24) is 10.3 Å². The maximum atomic E-state index is 14.4. The molecule has 0 spiro atoms. The van der Waals surface area contributed by atoms with E-state index in [0.29, 0.717) is 16.9 Å². The molecule has 0 aliphatic rings. The Morgan fingerprint density at radius 2 is 1.86 bits per heavy atom. The van der Waals surface area contributed by atoms with Crippen molar-refractivity contribution in [3.63, 3.8) is 0 Å². The minimum Gasteiger partial charge on any atom is -0.489 e. The van der Waals surface area contributed by atoms with Crippen LogP contribution in [0.2, 0.25) is 0 Å². The van der Waals surface area contributed by atoms with E-state index in [1.807, 2.05) is 36.4 Å². The monoisotopic (exact) mass is 380 g/mol. The van der Waals surface area contributed by atoms with Crippen LogP contribution >= 0.6 is 0 Å². The highest BCUT2D eigenvalue weighted by Crippen LogP contribution is 2.15. The van der Waals surface area contributed by atoms with E-state index in [1.165, 1.54) is 12.1 Å². The Morgan fingerprint density at radius 3 is 2.54 bits per heavy atom. The molecule has 1 heterocycles. The van der Waals surface area contributed by atoms with Crippen LogP contribution < -0.4 is 15.6 Å². The second-order valence-corrected chi connectivity index (χ2v) is 6.54. The quantitative estimate of drug-likeness (QED) is 0.686. The van der Waals surface area contributed by atoms with Gasteiger partial charge < -0.3 is 15.0 Å². The number of hydrogen-bond acceptors (Lipinski definition) is 3. The molecule has 5 nitrogen and oxygen atoms in total. The largest absolute Gasteiger partial charge is 0.489 e. The first-order chi connectivity index (χ1) is 13.4. The van der Waals surface area contributed by atoms with E-state index in [9.17, 15) is 14.0 Å². The Morgan fingerprint density at radius 1 is 1.11 bits per heavy atom. The van der Waals surface area contributed by atoms with Gasteiger partial charge in [0.1, 0.15) is 18.2 Å². The number of amides is 1. The summed E-state index contributed by atoms with van der Waals surface area (Å²) in [6.45, 7) is 3.81. The smallest absolute Gasteiger partial charge is 0.254 e. The predicted octanol–water partition coefficient (Wildman–Crippen LogP) is 3.64. The predicted molar refractivity (Wildman–Crippen MR) is 105 cm³/mol. The minimum absolute atomic E-state index is 0.0264. The molecule has 0 aliphatic carbocycles. The summed E-state index contributed by atoms with van der Waals surface area (Å²) < 4.78 is 20.0. The summed E-state index contributed by atoms with van der Waals surface area (Å²) in [5, 5.41) is 2.60. The Hall–Kier alpha value is -3.41. The lowest BCUT2D eigenvalue weighted by molar-refractivity contribution is 0.0946. The zero-order chi connectivity index (χ0) is 20.1. The van der Waals surface area contributed by atoms with E-state index in [2.05, 4.69) is 10.3 Å². The maximum Gasteiger partial charge on any atom is 0.254 e. The first-order valence-electron chi connectivity index (χ1n) is 8.88. The molecule has 144 valence electrons. The molecular weight excluding hydrogens is 359 g/mol. The van der Waals surface area contributed by atoms with Gasteiger partial charge >= 0.3 is 0 Å². The average Bonchev–Trinajstić information content (AvgIpc) is 2.66. The number of carbonyl (C=O) groups is 1. The first-order valence-corrected chi connectivity index (χ1v) is 8.88. The van der Waals surface area contributed by atoms with E-state index < -0.39 is 11.7 Å². The molecule has 0 unspecified atom stereocenters. The normalized spacial score (nSPS) is 10.5. The lowest BCUT2D eigenvalue weighted by atomic mass is 10.1. The van der Waals surface area contributed by atoms with Crippen LogP contribution in [0.5, 0.6) is 5.75 Å². The van der Waals surface area contributed by atoms with Crippen molar-refractivity contribution in [2.45, 2.75) is 27.0 Å². The molecule has 0 fully saturated rings. The number of benzene rings is 2. The molecule has 1 aromatic heterocycles. The van der Waals surface area contributed by atoms with Crippen LogP contribution in [0.1, 0.15) is 32.7 Å². The molecule has 0 atom stereocenters. The van der Waals surface area contributed by atoms with Crippen LogP contribution in [-0.4, -0.2) is 10.9 Å². The number of aromatic amines is 1. The molecule has 0 radical (unpaired) electrons. The molecule has 0 aliphatic heterocycles. The number of para-hydroxylation sites is 1. The number of aryl methyl sites for hydroxylation is 2. The van der Waals surface area contributed by atoms with Crippen LogP contribution in [0.25, 0.3) is 0 Å². The molecule has 2 N–H and O–H groups in total. The molecule has 0 saturated heterocycles. The van der Waals surface area contributed by atoms with Crippen LogP contribution in [0.15, 0.2) is 59.4 Å². The molecule has 6 heteroatoms. The van der Waals surface area contributed by atoms with E-state index in [4.69, 9.17) is 4.74 Å². The van der Waals surface area contributed by atoms with E-state index in [-0.39, 0.29) is 24.3 Å². The maximum absolute atomic E-state index is 14.4. The van der Waals surface area contributed by atoms with Gasteiger partial charge in [-0.05, 0) is 55.3 Å². The summed E-state index contributed by atoms with van der Waals surface area (Å²) in [4.78, 5) is 27.0. The van der Waals surface area contributed by atoms with Crippen LogP contribution in [0, 0.1) is 19.7 Å². The summed E-state index contributed by atoms with van der Waals surface area (Å²) in [5.41, 5.74) is 2.25. The summed E-state index contributed by atoms with van der Waals surface area (Å²) in [6, 6.07) is 15.4. The number of carbonyl (C=O) groups excluding carboxylic acids is 1. The number of nitrogens with one attached hydrogen (secondary N) is 2. The highest BCUT2D eigenvalue weighted by Gasteiger charge is 2.14. The molecule has 3 rings (SSSR count). The molecule has 1 amide bonds. The molecule has 3 aromatic rings.